The summed E-state index contributed by atoms with van der Waals surface area (Å²) < 4.78 is 27.9. The molecule has 0 unspecified atom stereocenters. The normalized spacial score (nSPS) is 10.8. The average molecular weight is 433 g/mol. The predicted molar refractivity (Wildman–Crippen MR) is 112 cm³/mol. The number of thiophene rings is 1. The third kappa shape index (κ3) is 4.55. The summed E-state index contributed by atoms with van der Waals surface area (Å²) in [5.41, 5.74) is 5.87. The smallest absolute Gasteiger partial charge is 0.345 e. The monoisotopic (exact) mass is 433 g/mol. The molecule has 2 N–H and O–H groups in total. The first-order valence-electron chi connectivity index (χ1n) is 9.07. The highest BCUT2D eigenvalue weighted by Gasteiger charge is 2.16. The van der Waals surface area contributed by atoms with Gasteiger partial charge in [0.1, 0.15) is 6.33 Å². The Kier molecular flexibility index (Phi) is 6.58. The Bertz CT molecular complexity index is 1140. The van der Waals surface area contributed by atoms with Gasteiger partial charge in [-0.15, -0.1) is 11.3 Å². The minimum Gasteiger partial charge on any atom is -0.345 e. The van der Waals surface area contributed by atoms with E-state index in [4.69, 9.17) is 5.73 Å². The number of hydrogen-bond donors (Lipinski definition) is 1. The van der Waals surface area contributed by atoms with Crippen molar-refractivity contribution in [1.82, 2.24) is 19.2 Å². The highest BCUT2D eigenvalue weighted by Crippen LogP contribution is 2.31. The van der Waals surface area contributed by atoms with Crippen LogP contribution in [0, 0.1) is 0 Å². The Morgan fingerprint density at radius 2 is 1.93 bits per heavy atom. The molecule has 0 radical (unpaired) electrons. The first kappa shape index (κ1) is 21.6. The van der Waals surface area contributed by atoms with E-state index in [1.165, 1.54) is 27.1 Å². The first-order valence-corrected chi connectivity index (χ1v) is 9.88. The number of carbonyl (C=O) groups excluding carboxylic acids is 1. The molecule has 7 nitrogen and oxygen atoms in total. The quantitative estimate of drug-likeness (QED) is 0.621. The molecular formula is C20H21F2N5O2S. The van der Waals surface area contributed by atoms with E-state index in [0.29, 0.717) is 5.56 Å². The molecule has 30 heavy (non-hydrogen) atoms. The summed E-state index contributed by atoms with van der Waals surface area (Å²) in [4.78, 5) is 28.2. The largest absolute Gasteiger partial charge is 0.346 e. The molecule has 0 bridgehead atoms. The molecule has 0 saturated heterocycles. The van der Waals surface area contributed by atoms with Crippen LogP contribution in [-0.2, 0) is 13.1 Å². The number of aromatic nitrogens is 3. The van der Waals surface area contributed by atoms with Crippen LogP contribution in [0.2, 0.25) is 0 Å². The van der Waals surface area contributed by atoms with Crippen LogP contribution in [0.25, 0.3) is 10.4 Å². The average Bonchev–Trinajstić information content (AvgIpc) is 3.33. The van der Waals surface area contributed by atoms with E-state index in [1.807, 2.05) is 30.3 Å². The fourth-order valence-corrected chi connectivity index (χ4v) is 3.92. The summed E-state index contributed by atoms with van der Waals surface area (Å²) >= 11 is 1.45. The van der Waals surface area contributed by atoms with Crippen molar-refractivity contribution in [3.63, 3.8) is 0 Å². The number of hydrogen-bond acceptors (Lipinski definition) is 5. The molecule has 0 fully saturated rings. The number of carbonyl (C=O) groups is 1. The topological polar surface area (TPSA) is 86.2 Å². The molecule has 0 spiro atoms. The molecule has 0 saturated carbocycles. The van der Waals surface area contributed by atoms with Gasteiger partial charge in [-0.05, 0) is 18.2 Å². The second-order valence-electron chi connectivity index (χ2n) is 6.78. The third-order valence-electron chi connectivity index (χ3n) is 4.47. The van der Waals surface area contributed by atoms with Gasteiger partial charge in [-0.1, -0.05) is 18.2 Å². The van der Waals surface area contributed by atoms with E-state index >= 15 is 0 Å². The molecule has 0 aliphatic carbocycles. The van der Waals surface area contributed by atoms with Gasteiger partial charge in [-0.25, -0.2) is 9.48 Å². The van der Waals surface area contributed by atoms with Crippen molar-refractivity contribution in [2.75, 3.05) is 20.6 Å². The lowest BCUT2D eigenvalue weighted by atomic mass is 10.1. The molecular weight excluding hydrogens is 412 g/mol. The van der Waals surface area contributed by atoms with Gasteiger partial charge in [0, 0.05) is 47.1 Å². The van der Waals surface area contributed by atoms with Gasteiger partial charge in [0.05, 0.1) is 13.1 Å². The lowest BCUT2D eigenvalue weighted by Crippen LogP contribution is -2.27. The molecule has 0 aliphatic heterocycles. The fourth-order valence-electron chi connectivity index (χ4n) is 2.87. The van der Waals surface area contributed by atoms with Gasteiger partial charge in [0.15, 0.2) is 0 Å². The number of benzene rings is 1. The summed E-state index contributed by atoms with van der Waals surface area (Å²) in [5.74, 6) is -0.0955. The summed E-state index contributed by atoms with van der Waals surface area (Å²) in [5, 5.41) is 3.90. The highest BCUT2D eigenvalue weighted by atomic mass is 32.1. The molecule has 1 amide bonds. The van der Waals surface area contributed by atoms with Gasteiger partial charge in [0.2, 0.25) is 0 Å². The van der Waals surface area contributed by atoms with Crippen LogP contribution in [-0.4, -0.2) is 45.8 Å². The summed E-state index contributed by atoms with van der Waals surface area (Å²) in [7, 11) is 3.40. The maximum absolute atomic E-state index is 12.8. The number of nitrogens with two attached hydrogens (primary N) is 1. The van der Waals surface area contributed by atoms with Crippen molar-refractivity contribution in [3.8, 4) is 10.4 Å². The number of rotatable bonds is 7. The van der Waals surface area contributed by atoms with Crippen LogP contribution in [0.4, 0.5) is 8.78 Å². The molecule has 2 aromatic heterocycles. The predicted octanol–water partition coefficient (Wildman–Crippen LogP) is 2.63. The fraction of sp³-hybridized carbons (Fsp3) is 0.250. The van der Waals surface area contributed by atoms with Crippen molar-refractivity contribution in [1.29, 1.82) is 0 Å². The zero-order chi connectivity index (χ0) is 21.8. The van der Waals surface area contributed by atoms with Crippen molar-refractivity contribution >= 4 is 17.2 Å². The van der Waals surface area contributed by atoms with Crippen LogP contribution >= 0.6 is 11.3 Å². The summed E-state index contributed by atoms with van der Waals surface area (Å²) in [6, 6.07) is 11.1. The van der Waals surface area contributed by atoms with Gasteiger partial charge in [-0.3, -0.25) is 9.36 Å². The van der Waals surface area contributed by atoms with Crippen LogP contribution in [0.15, 0.2) is 59.2 Å². The molecule has 3 aromatic rings. The SMILES string of the molecule is CN(C)C(=O)c1ccccc1-c1ccc(Cn2cnn(CC(CN)=C(F)F)c2=O)s1. The second-order valence-corrected chi connectivity index (χ2v) is 7.95. The molecule has 0 atom stereocenters. The second kappa shape index (κ2) is 9.14. The maximum atomic E-state index is 12.8. The van der Waals surface area contributed by atoms with Crippen molar-refractivity contribution in [2.45, 2.75) is 13.1 Å². The Hall–Kier alpha value is -3.11. The van der Waals surface area contributed by atoms with Gasteiger partial charge in [0.25, 0.3) is 12.0 Å². The Balaban J connectivity index is 1.84. The van der Waals surface area contributed by atoms with Gasteiger partial charge in [-0.2, -0.15) is 13.9 Å². The molecule has 3 rings (SSSR count). The standard InChI is InChI=1S/C20H21F2N5O2S/c1-25(2)19(28)16-6-4-3-5-15(16)17-8-7-14(30-17)11-26-12-24-27(20(26)29)10-13(9-23)18(21)22/h3-8,12H,9-11,23H2,1-2H3. The Morgan fingerprint density at radius 1 is 1.20 bits per heavy atom. The summed E-state index contributed by atoms with van der Waals surface area (Å²) in [6.45, 7) is -0.450. The minimum atomic E-state index is -1.90. The minimum absolute atomic E-state index is 0.0955. The van der Waals surface area contributed by atoms with Crippen molar-refractivity contribution in [2.24, 2.45) is 5.73 Å². The van der Waals surface area contributed by atoms with Crippen molar-refractivity contribution in [3.05, 3.63) is 75.3 Å². The number of halogens is 2. The first-order chi connectivity index (χ1) is 14.3. The van der Waals surface area contributed by atoms with E-state index in [1.54, 1.807) is 20.2 Å². The van der Waals surface area contributed by atoms with E-state index < -0.39 is 11.8 Å². The number of amides is 1. The summed E-state index contributed by atoms with van der Waals surface area (Å²) in [6.07, 6.45) is -0.581. The molecule has 0 aliphatic rings. The molecule has 158 valence electrons. The zero-order valence-corrected chi connectivity index (χ0v) is 17.3. The molecule has 2 heterocycles. The van der Waals surface area contributed by atoms with Gasteiger partial charge < -0.3 is 10.6 Å². The third-order valence-corrected chi connectivity index (χ3v) is 5.57. The van der Waals surface area contributed by atoms with Gasteiger partial charge >= 0.3 is 5.69 Å². The van der Waals surface area contributed by atoms with E-state index in [-0.39, 0.29) is 31.1 Å². The van der Waals surface area contributed by atoms with E-state index in [0.717, 1.165) is 20.0 Å². The zero-order valence-electron chi connectivity index (χ0n) is 16.5. The van der Waals surface area contributed by atoms with Crippen LogP contribution in [0.3, 0.4) is 0 Å². The lowest BCUT2D eigenvalue weighted by Gasteiger charge is -2.13. The lowest BCUT2D eigenvalue weighted by molar-refractivity contribution is 0.0828. The van der Waals surface area contributed by atoms with Crippen LogP contribution in [0.5, 0.6) is 0 Å². The van der Waals surface area contributed by atoms with Crippen LogP contribution in [0.1, 0.15) is 15.2 Å². The van der Waals surface area contributed by atoms with Crippen molar-refractivity contribution < 1.29 is 13.6 Å². The Labute approximate surface area is 175 Å². The number of nitrogens with zero attached hydrogens (tertiary/aromatic N) is 4. The molecule has 1 aromatic carbocycles. The van der Waals surface area contributed by atoms with E-state index in [2.05, 4.69) is 5.10 Å². The van der Waals surface area contributed by atoms with Crippen LogP contribution < -0.4 is 11.4 Å². The molecule has 10 heteroatoms. The maximum Gasteiger partial charge on any atom is 0.346 e. The highest BCUT2D eigenvalue weighted by molar-refractivity contribution is 7.15. The van der Waals surface area contributed by atoms with E-state index in [9.17, 15) is 18.4 Å². The Morgan fingerprint density at radius 3 is 2.60 bits per heavy atom.